The molecular weight excluding hydrogens is 228 g/mol. The van der Waals surface area contributed by atoms with Crippen LogP contribution >= 0.6 is 15.9 Å². The number of carbonyl (C=O) groups is 1. The van der Waals surface area contributed by atoms with Crippen molar-refractivity contribution < 1.29 is 4.79 Å². The number of rotatable bonds is 1. The van der Waals surface area contributed by atoms with E-state index in [9.17, 15) is 4.79 Å². The number of halogens is 1. The summed E-state index contributed by atoms with van der Waals surface area (Å²) >= 11 is 3.60. The van der Waals surface area contributed by atoms with Crippen molar-refractivity contribution in [3.05, 3.63) is 0 Å². The molecule has 0 aromatic carbocycles. The predicted octanol–water partition coefficient (Wildman–Crippen LogP) is 3.02. The summed E-state index contributed by atoms with van der Waals surface area (Å²) in [4.78, 5) is 12.5. The van der Waals surface area contributed by atoms with Crippen LogP contribution in [0.25, 0.3) is 0 Å². The molecule has 13 heavy (non-hydrogen) atoms. The quantitative estimate of drug-likeness (QED) is 0.649. The third-order valence-electron chi connectivity index (χ3n) is 3.83. The van der Waals surface area contributed by atoms with Crippen molar-refractivity contribution in [2.45, 2.75) is 38.4 Å². The summed E-state index contributed by atoms with van der Waals surface area (Å²) in [6.07, 6.45) is 2.34. The normalized spacial score (nSPS) is 44.0. The van der Waals surface area contributed by atoms with E-state index in [0.29, 0.717) is 28.4 Å². The van der Waals surface area contributed by atoms with Crippen molar-refractivity contribution in [3.8, 4) is 0 Å². The van der Waals surface area contributed by atoms with Gasteiger partial charge in [0, 0.05) is 16.2 Å². The van der Waals surface area contributed by atoms with Gasteiger partial charge in [0.15, 0.2) is 0 Å². The highest BCUT2D eigenvalue weighted by Crippen LogP contribution is 2.60. The molecule has 0 bridgehead atoms. The van der Waals surface area contributed by atoms with E-state index >= 15 is 0 Å². The first-order valence-corrected chi connectivity index (χ1v) is 6.05. The number of carbonyl (C=O) groups excluding carboxylic acids is 1. The van der Waals surface area contributed by atoms with Crippen molar-refractivity contribution in [3.63, 3.8) is 0 Å². The van der Waals surface area contributed by atoms with Gasteiger partial charge in [-0.15, -0.1) is 0 Å². The number of hydrogen-bond acceptors (Lipinski definition) is 1. The van der Waals surface area contributed by atoms with E-state index in [1.165, 1.54) is 6.42 Å². The topological polar surface area (TPSA) is 17.1 Å². The minimum Gasteiger partial charge on any atom is -0.299 e. The molecule has 0 N–H and O–H groups in total. The van der Waals surface area contributed by atoms with Gasteiger partial charge < -0.3 is 0 Å². The number of ketones is 1. The monoisotopic (exact) mass is 244 g/mol. The fourth-order valence-corrected chi connectivity index (χ4v) is 3.59. The molecule has 2 saturated carbocycles. The van der Waals surface area contributed by atoms with Crippen molar-refractivity contribution in [1.82, 2.24) is 0 Å². The lowest BCUT2D eigenvalue weighted by molar-refractivity contribution is -0.130. The largest absolute Gasteiger partial charge is 0.299 e. The van der Waals surface area contributed by atoms with E-state index in [-0.39, 0.29) is 5.41 Å². The van der Waals surface area contributed by atoms with Gasteiger partial charge in [0.05, 0.1) is 0 Å². The SMILES string of the molecule is CC(Br)C1C2CCC(C)(C)C(=O)C21. The van der Waals surface area contributed by atoms with Crippen molar-refractivity contribution in [1.29, 1.82) is 0 Å². The van der Waals surface area contributed by atoms with Crippen molar-refractivity contribution >= 4 is 21.7 Å². The summed E-state index contributed by atoms with van der Waals surface area (Å²) in [7, 11) is 0. The van der Waals surface area contributed by atoms with Gasteiger partial charge in [0.1, 0.15) is 5.78 Å². The molecule has 0 heterocycles. The summed E-state index contributed by atoms with van der Waals surface area (Å²) in [6.45, 7) is 6.36. The van der Waals surface area contributed by atoms with Gasteiger partial charge >= 0.3 is 0 Å². The van der Waals surface area contributed by atoms with Gasteiger partial charge in [0.2, 0.25) is 0 Å². The van der Waals surface area contributed by atoms with E-state index in [1.54, 1.807) is 0 Å². The van der Waals surface area contributed by atoms with Crippen molar-refractivity contribution in [2.24, 2.45) is 23.2 Å². The van der Waals surface area contributed by atoms with Gasteiger partial charge in [-0.1, -0.05) is 36.7 Å². The number of fused-ring (bicyclic) bond motifs is 1. The molecule has 74 valence electrons. The molecule has 0 amide bonds. The Morgan fingerprint density at radius 3 is 2.69 bits per heavy atom. The Labute approximate surface area is 88.4 Å². The molecule has 2 aliphatic rings. The second kappa shape index (κ2) is 2.82. The summed E-state index contributed by atoms with van der Waals surface area (Å²) in [6, 6.07) is 0. The van der Waals surface area contributed by atoms with Crippen LogP contribution in [0.1, 0.15) is 33.6 Å². The zero-order valence-corrected chi connectivity index (χ0v) is 10.1. The van der Waals surface area contributed by atoms with Gasteiger partial charge in [-0.3, -0.25) is 4.79 Å². The number of Topliss-reactive ketones (excluding diaryl/α,β-unsaturated/α-hetero) is 1. The Hall–Kier alpha value is 0.150. The van der Waals surface area contributed by atoms with Crippen LogP contribution in [0.3, 0.4) is 0 Å². The highest BCUT2D eigenvalue weighted by atomic mass is 79.9. The third kappa shape index (κ3) is 1.38. The van der Waals surface area contributed by atoms with Crippen LogP contribution in [0.2, 0.25) is 0 Å². The average Bonchev–Trinajstić information content (AvgIpc) is 2.72. The lowest BCUT2D eigenvalue weighted by Crippen LogP contribution is -2.30. The lowest BCUT2D eigenvalue weighted by Gasteiger charge is -2.26. The minimum absolute atomic E-state index is 0.0438. The maximum absolute atomic E-state index is 12.0. The lowest BCUT2D eigenvalue weighted by atomic mass is 9.76. The van der Waals surface area contributed by atoms with E-state index < -0.39 is 0 Å². The second-order valence-corrected chi connectivity index (χ2v) is 6.68. The fraction of sp³-hybridized carbons (Fsp3) is 0.909. The van der Waals surface area contributed by atoms with Crippen LogP contribution in [0.5, 0.6) is 0 Å². The van der Waals surface area contributed by atoms with Crippen LogP contribution in [0, 0.1) is 23.2 Å². The molecule has 0 aromatic heterocycles. The average molecular weight is 245 g/mol. The Morgan fingerprint density at radius 1 is 1.54 bits per heavy atom. The standard InChI is InChI=1S/C11H17BrO/c1-6(12)8-7-4-5-11(2,3)10(13)9(7)8/h6-9H,4-5H2,1-3H3. The Bertz CT molecular complexity index is 244. The first-order valence-electron chi connectivity index (χ1n) is 5.13. The van der Waals surface area contributed by atoms with Gasteiger partial charge in [-0.25, -0.2) is 0 Å². The maximum atomic E-state index is 12.0. The smallest absolute Gasteiger partial charge is 0.142 e. The molecule has 2 heteroatoms. The Kier molecular flexibility index (Phi) is 2.10. The zero-order valence-electron chi connectivity index (χ0n) is 8.51. The van der Waals surface area contributed by atoms with Crippen LogP contribution < -0.4 is 0 Å². The highest BCUT2D eigenvalue weighted by Gasteiger charge is 2.61. The molecule has 0 aromatic rings. The summed E-state index contributed by atoms with van der Waals surface area (Å²) < 4.78 is 0. The van der Waals surface area contributed by atoms with Crippen LogP contribution in [0.4, 0.5) is 0 Å². The second-order valence-electron chi connectivity index (χ2n) is 5.23. The van der Waals surface area contributed by atoms with E-state index in [0.717, 1.165) is 6.42 Å². The summed E-state index contributed by atoms with van der Waals surface area (Å²) in [5, 5.41) is 0. The molecule has 1 nitrogen and oxygen atoms in total. The van der Waals surface area contributed by atoms with Gasteiger partial charge in [-0.05, 0) is 24.7 Å². The summed E-state index contributed by atoms with van der Waals surface area (Å²) in [5.74, 6) is 2.24. The van der Waals surface area contributed by atoms with Gasteiger partial charge in [0.25, 0.3) is 0 Å². The molecule has 0 saturated heterocycles. The molecule has 4 atom stereocenters. The van der Waals surface area contributed by atoms with Crippen LogP contribution in [0.15, 0.2) is 0 Å². The molecule has 2 aliphatic carbocycles. The third-order valence-corrected chi connectivity index (χ3v) is 4.44. The van der Waals surface area contributed by atoms with Crippen molar-refractivity contribution in [2.75, 3.05) is 0 Å². The van der Waals surface area contributed by atoms with Gasteiger partial charge in [-0.2, -0.15) is 0 Å². The Morgan fingerprint density at radius 2 is 2.15 bits per heavy atom. The number of alkyl halides is 1. The van der Waals surface area contributed by atoms with E-state index in [4.69, 9.17) is 0 Å². The highest BCUT2D eigenvalue weighted by molar-refractivity contribution is 9.09. The van der Waals surface area contributed by atoms with Crippen LogP contribution in [-0.2, 0) is 4.79 Å². The molecule has 0 aliphatic heterocycles. The Balaban J connectivity index is 2.13. The van der Waals surface area contributed by atoms with Crippen LogP contribution in [-0.4, -0.2) is 10.6 Å². The first-order chi connectivity index (χ1) is 5.95. The molecule has 0 spiro atoms. The van der Waals surface area contributed by atoms with E-state index in [1.807, 2.05) is 0 Å². The fourth-order valence-electron chi connectivity index (χ4n) is 2.87. The predicted molar refractivity (Wildman–Crippen MR) is 56.9 cm³/mol. The zero-order chi connectivity index (χ0) is 9.80. The maximum Gasteiger partial charge on any atom is 0.142 e. The minimum atomic E-state index is -0.0438. The molecule has 4 unspecified atom stereocenters. The molecular formula is C11H17BrO. The molecule has 2 fully saturated rings. The molecule has 2 rings (SSSR count). The first kappa shape index (κ1) is 9.70. The van der Waals surface area contributed by atoms with E-state index in [2.05, 4.69) is 36.7 Å². The number of hydrogen-bond donors (Lipinski definition) is 0. The summed E-state index contributed by atoms with van der Waals surface area (Å²) in [5.41, 5.74) is -0.0438. The molecule has 0 radical (unpaired) electrons.